The Hall–Kier alpha value is -1.78. The van der Waals surface area contributed by atoms with Gasteiger partial charge in [-0.15, -0.1) is 0 Å². The van der Waals surface area contributed by atoms with E-state index in [4.69, 9.17) is 5.84 Å². The van der Waals surface area contributed by atoms with Crippen molar-refractivity contribution in [2.24, 2.45) is 5.84 Å². The molecule has 0 saturated heterocycles. The minimum absolute atomic E-state index is 0.140. The van der Waals surface area contributed by atoms with Crippen molar-refractivity contribution in [3.63, 3.8) is 0 Å². The lowest BCUT2D eigenvalue weighted by molar-refractivity contribution is 0.502. The summed E-state index contributed by atoms with van der Waals surface area (Å²) in [6, 6.07) is 13.1. The zero-order valence-corrected chi connectivity index (χ0v) is 10.4. The maximum absolute atomic E-state index is 13.6. The molecule has 2 aromatic rings. The summed E-state index contributed by atoms with van der Waals surface area (Å²) in [6.45, 7) is 0. The van der Waals surface area contributed by atoms with Gasteiger partial charge in [0.1, 0.15) is 11.6 Å². The van der Waals surface area contributed by atoms with Gasteiger partial charge in [0, 0.05) is 6.04 Å². The standard InChI is InChI=1S/C15H16F2N2/c16-13-6-7-15(17)12(9-13)10-14(19-18)8-11-4-2-1-3-5-11/h1-7,9,14,19H,8,10,18H2. The van der Waals surface area contributed by atoms with E-state index in [0.29, 0.717) is 18.4 Å². The van der Waals surface area contributed by atoms with Gasteiger partial charge in [-0.05, 0) is 42.2 Å². The molecule has 0 aliphatic carbocycles. The lowest BCUT2D eigenvalue weighted by atomic mass is 9.99. The molecule has 0 amide bonds. The van der Waals surface area contributed by atoms with Crippen molar-refractivity contribution in [3.8, 4) is 0 Å². The van der Waals surface area contributed by atoms with Crippen LogP contribution in [-0.2, 0) is 12.8 Å². The lowest BCUT2D eigenvalue weighted by Crippen LogP contribution is -2.38. The minimum Gasteiger partial charge on any atom is -0.271 e. The molecule has 0 aliphatic rings. The first-order valence-electron chi connectivity index (χ1n) is 6.13. The zero-order chi connectivity index (χ0) is 13.7. The second-order valence-corrected chi connectivity index (χ2v) is 4.49. The summed E-state index contributed by atoms with van der Waals surface area (Å²) < 4.78 is 26.7. The van der Waals surface area contributed by atoms with Crippen molar-refractivity contribution >= 4 is 0 Å². The third-order valence-corrected chi connectivity index (χ3v) is 3.03. The molecule has 1 unspecified atom stereocenters. The van der Waals surface area contributed by atoms with Gasteiger partial charge in [-0.2, -0.15) is 0 Å². The Kier molecular flexibility index (Phi) is 4.60. The molecular formula is C15H16F2N2. The van der Waals surface area contributed by atoms with E-state index >= 15 is 0 Å². The topological polar surface area (TPSA) is 38.0 Å². The Morgan fingerprint density at radius 3 is 2.42 bits per heavy atom. The average Bonchev–Trinajstić information content (AvgIpc) is 2.43. The third kappa shape index (κ3) is 3.84. The van der Waals surface area contributed by atoms with Crippen LogP contribution in [0.3, 0.4) is 0 Å². The normalized spacial score (nSPS) is 12.4. The van der Waals surface area contributed by atoms with E-state index in [2.05, 4.69) is 5.43 Å². The molecule has 2 aromatic carbocycles. The van der Waals surface area contributed by atoms with Crippen LogP contribution in [0.2, 0.25) is 0 Å². The first-order chi connectivity index (χ1) is 9.19. The quantitative estimate of drug-likeness (QED) is 0.642. The summed E-state index contributed by atoms with van der Waals surface area (Å²) in [5.74, 6) is 4.64. The van der Waals surface area contributed by atoms with E-state index in [1.54, 1.807) is 0 Å². The number of hydrogen-bond donors (Lipinski definition) is 2. The summed E-state index contributed by atoms with van der Waals surface area (Å²) in [5, 5.41) is 0. The molecule has 0 aliphatic heterocycles. The van der Waals surface area contributed by atoms with E-state index in [1.165, 1.54) is 6.07 Å². The Bertz CT molecular complexity index is 529. The number of hydrogen-bond acceptors (Lipinski definition) is 2. The Balaban J connectivity index is 2.09. The van der Waals surface area contributed by atoms with Crippen LogP contribution in [-0.4, -0.2) is 6.04 Å². The average molecular weight is 262 g/mol. The van der Waals surface area contributed by atoms with Crippen molar-refractivity contribution in [1.29, 1.82) is 0 Å². The molecule has 4 heteroatoms. The fourth-order valence-corrected chi connectivity index (χ4v) is 2.05. The van der Waals surface area contributed by atoms with Crippen LogP contribution >= 0.6 is 0 Å². The highest BCUT2D eigenvalue weighted by Gasteiger charge is 2.12. The summed E-state index contributed by atoms with van der Waals surface area (Å²) in [5.41, 5.74) is 4.09. The van der Waals surface area contributed by atoms with Gasteiger partial charge < -0.3 is 0 Å². The molecule has 0 radical (unpaired) electrons. The molecule has 0 fully saturated rings. The third-order valence-electron chi connectivity index (χ3n) is 3.03. The van der Waals surface area contributed by atoms with Crippen LogP contribution in [0, 0.1) is 11.6 Å². The molecule has 19 heavy (non-hydrogen) atoms. The van der Waals surface area contributed by atoms with Gasteiger partial charge >= 0.3 is 0 Å². The van der Waals surface area contributed by atoms with Crippen molar-refractivity contribution in [1.82, 2.24) is 5.43 Å². The SMILES string of the molecule is NNC(Cc1ccccc1)Cc1cc(F)ccc1F. The van der Waals surface area contributed by atoms with Crippen LogP contribution < -0.4 is 11.3 Å². The molecule has 0 aromatic heterocycles. The minimum atomic E-state index is -0.438. The second-order valence-electron chi connectivity index (χ2n) is 4.49. The molecular weight excluding hydrogens is 246 g/mol. The molecule has 3 N–H and O–H groups in total. The van der Waals surface area contributed by atoms with Crippen LogP contribution in [0.1, 0.15) is 11.1 Å². The summed E-state index contributed by atoms with van der Waals surface area (Å²) in [6.07, 6.45) is 1.00. The molecule has 100 valence electrons. The molecule has 0 heterocycles. The first kappa shape index (κ1) is 13.6. The van der Waals surface area contributed by atoms with E-state index in [-0.39, 0.29) is 6.04 Å². The van der Waals surface area contributed by atoms with Gasteiger partial charge in [-0.1, -0.05) is 30.3 Å². The number of nitrogens with one attached hydrogen (secondary N) is 1. The van der Waals surface area contributed by atoms with Crippen LogP contribution in [0.5, 0.6) is 0 Å². The monoisotopic (exact) mass is 262 g/mol. The number of benzene rings is 2. The van der Waals surface area contributed by atoms with Crippen LogP contribution in [0.4, 0.5) is 8.78 Å². The number of hydrazine groups is 1. The molecule has 0 saturated carbocycles. The Morgan fingerprint density at radius 1 is 1.00 bits per heavy atom. The zero-order valence-electron chi connectivity index (χ0n) is 10.4. The summed E-state index contributed by atoms with van der Waals surface area (Å²) >= 11 is 0. The maximum atomic E-state index is 13.6. The van der Waals surface area contributed by atoms with Gasteiger partial charge in [0.15, 0.2) is 0 Å². The molecule has 1 atom stereocenters. The van der Waals surface area contributed by atoms with Crippen LogP contribution in [0.25, 0.3) is 0 Å². The largest absolute Gasteiger partial charge is 0.271 e. The van der Waals surface area contributed by atoms with Gasteiger partial charge in [-0.3, -0.25) is 11.3 Å². The van der Waals surface area contributed by atoms with E-state index in [1.807, 2.05) is 30.3 Å². The summed E-state index contributed by atoms with van der Waals surface area (Å²) in [4.78, 5) is 0. The lowest BCUT2D eigenvalue weighted by Gasteiger charge is -2.16. The van der Waals surface area contributed by atoms with Crippen molar-refractivity contribution in [2.75, 3.05) is 0 Å². The van der Waals surface area contributed by atoms with Gasteiger partial charge in [0.25, 0.3) is 0 Å². The van der Waals surface area contributed by atoms with E-state index < -0.39 is 11.6 Å². The Labute approximate surface area is 111 Å². The number of nitrogens with two attached hydrogens (primary N) is 1. The fraction of sp³-hybridized carbons (Fsp3) is 0.200. The van der Waals surface area contributed by atoms with Gasteiger partial charge in [0.05, 0.1) is 0 Å². The Morgan fingerprint density at radius 2 is 1.74 bits per heavy atom. The predicted octanol–water partition coefficient (Wildman–Crippen LogP) is 2.58. The highest BCUT2D eigenvalue weighted by molar-refractivity contribution is 5.21. The summed E-state index contributed by atoms with van der Waals surface area (Å²) in [7, 11) is 0. The van der Waals surface area contributed by atoms with E-state index in [0.717, 1.165) is 17.7 Å². The highest BCUT2D eigenvalue weighted by atomic mass is 19.1. The fourth-order valence-electron chi connectivity index (χ4n) is 2.05. The van der Waals surface area contributed by atoms with Crippen molar-refractivity contribution < 1.29 is 8.78 Å². The van der Waals surface area contributed by atoms with Crippen molar-refractivity contribution in [2.45, 2.75) is 18.9 Å². The maximum Gasteiger partial charge on any atom is 0.126 e. The second kappa shape index (κ2) is 6.41. The van der Waals surface area contributed by atoms with E-state index in [9.17, 15) is 8.78 Å². The molecule has 0 spiro atoms. The number of rotatable bonds is 5. The highest BCUT2D eigenvalue weighted by Crippen LogP contribution is 2.14. The number of halogens is 2. The smallest absolute Gasteiger partial charge is 0.126 e. The van der Waals surface area contributed by atoms with Gasteiger partial charge in [0.2, 0.25) is 0 Å². The van der Waals surface area contributed by atoms with Crippen molar-refractivity contribution in [3.05, 3.63) is 71.3 Å². The first-order valence-corrected chi connectivity index (χ1v) is 6.13. The molecule has 0 bridgehead atoms. The van der Waals surface area contributed by atoms with Gasteiger partial charge in [-0.25, -0.2) is 8.78 Å². The van der Waals surface area contributed by atoms with Crippen LogP contribution in [0.15, 0.2) is 48.5 Å². The molecule has 2 rings (SSSR count). The molecule has 2 nitrogen and oxygen atoms in total. The predicted molar refractivity (Wildman–Crippen MR) is 71.3 cm³/mol.